The molecule has 2 amide bonds. The maximum absolute atomic E-state index is 12.8. The number of rotatable bonds is 7. The molecule has 7 nitrogen and oxygen atoms in total. The van der Waals surface area contributed by atoms with Gasteiger partial charge in [0.25, 0.3) is 0 Å². The summed E-state index contributed by atoms with van der Waals surface area (Å²) >= 11 is 6.97. The van der Waals surface area contributed by atoms with Crippen molar-refractivity contribution in [1.29, 1.82) is 0 Å². The van der Waals surface area contributed by atoms with Gasteiger partial charge in [0, 0.05) is 23.7 Å². The van der Waals surface area contributed by atoms with E-state index in [2.05, 4.69) is 16.9 Å². The standard InChI is InChI=1S/C21H18ClN3O4S/c1-2-11-25-19(27)17(12-18(26)23-14-9-7-13(22)8-10-14)30-21(25)24-16-6-4-3-5-15(16)20(28)29/h2-10,17H,1,11-12H2,(H,23,26)(H,28,29). The van der Waals surface area contributed by atoms with E-state index in [4.69, 9.17) is 11.6 Å². The molecule has 0 aliphatic carbocycles. The highest BCUT2D eigenvalue weighted by Crippen LogP contribution is 2.32. The molecule has 0 radical (unpaired) electrons. The summed E-state index contributed by atoms with van der Waals surface area (Å²) in [4.78, 5) is 42.4. The molecule has 2 aromatic rings. The average Bonchev–Trinajstić information content (AvgIpc) is 2.99. The number of thioether (sulfide) groups is 1. The number of carboxylic acid groups (broad SMARTS) is 1. The van der Waals surface area contributed by atoms with Gasteiger partial charge in [-0.2, -0.15) is 0 Å². The number of carbonyl (C=O) groups is 3. The summed E-state index contributed by atoms with van der Waals surface area (Å²) in [5.41, 5.74) is 0.841. The van der Waals surface area contributed by atoms with Crippen LogP contribution in [0.3, 0.4) is 0 Å². The number of amides is 2. The first kappa shape index (κ1) is 21.6. The number of anilines is 1. The number of hydrogen-bond donors (Lipinski definition) is 2. The summed E-state index contributed by atoms with van der Waals surface area (Å²) in [7, 11) is 0. The number of aliphatic imine (C=N–C) groups is 1. The third-order valence-corrected chi connectivity index (χ3v) is 5.61. The van der Waals surface area contributed by atoms with Gasteiger partial charge in [0.2, 0.25) is 11.8 Å². The van der Waals surface area contributed by atoms with Gasteiger partial charge in [0.15, 0.2) is 5.17 Å². The van der Waals surface area contributed by atoms with Crippen LogP contribution in [0.1, 0.15) is 16.8 Å². The molecule has 0 saturated carbocycles. The number of hydrogen-bond acceptors (Lipinski definition) is 5. The number of benzene rings is 2. The monoisotopic (exact) mass is 443 g/mol. The summed E-state index contributed by atoms with van der Waals surface area (Å²) in [6.07, 6.45) is 1.49. The van der Waals surface area contributed by atoms with E-state index in [9.17, 15) is 19.5 Å². The van der Waals surface area contributed by atoms with Crippen LogP contribution in [0, 0.1) is 0 Å². The lowest BCUT2D eigenvalue weighted by Gasteiger charge is -2.14. The molecule has 154 valence electrons. The topological polar surface area (TPSA) is 99.1 Å². The Kier molecular flexibility index (Phi) is 6.91. The average molecular weight is 444 g/mol. The van der Waals surface area contributed by atoms with Crippen molar-refractivity contribution in [2.24, 2.45) is 4.99 Å². The zero-order valence-electron chi connectivity index (χ0n) is 15.7. The molecular formula is C21H18ClN3O4S. The second kappa shape index (κ2) is 9.60. The van der Waals surface area contributed by atoms with Crippen molar-refractivity contribution in [2.75, 3.05) is 11.9 Å². The van der Waals surface area contributed by atoms with E-state index >= 15 is 0 Å². The lowest BCUT2D eigenvalue weighted by atomic mass is 10.2. The van der Waals surface area contributed by atoms with Gasteiger partial charge >= 0.3 is 5.97 Å². The quantitative estimate of drug-likeness (QED) is 0.625. The smallest absolute Gasteiger partial charge is 0.337 e. The number of aromatic carboxylic acids is 1. The van der Waals surface area contributed by atoms with Crippen LogP contribution in [-0.4, -0.2) is 44.8 Å². The number of halogens is 1. The van der Waals surface area contributed by atoms with Crippen LogP contribution in [0.15, 0.2) is 66.2 Å². The van der Waals surface area contributed by atoms with Crippen LogP contribution in [0.2, 0.25) is 5.02 Å². The van der Waals surface area contributed by atoms with Crippen LogP contribution < -0.4 is 5.32 Å². The number of carbonyl (C=O) groups excluding carboxylic acids is 2. The second-order valence-corrected chi connectivity index (χ2v) is 7.93. The third-order valence-electron chi connectivity index (χ3n) is 4.18. The Balaban J connectivity index is 1.79. The van der Waals surface area contributed by atoms with Crippen molar-refractivity contribution >= 4 is 57.7 Å². The molecular weight excluding hydrogens is 426 g/mol. The first-order valence-corrected chi connectivity index (χ1v) is 10.2. The summed E-state index contributed by atoms with van der Waals surface area (Å²) in [6.45, 7) is 3.86. The molecule has 0 spiro atoms. The Bertz CT molecular complexity index is 1020. The maximum atomic E-state index is 12.8. The summed E-state index contributed by atoms with van der Waals surface area (Å²) in [5, 5.41) is 12.3. The van der Waals surface area contributed by atoms with Gasteiger partial charge in [-0.15, -0.1) is 6.58 Å². The molecule has 3 rings (SSSR count). The van der Waals surface area contributed by atoms with Crippen LogP contribution in [0.25, 0.3) is 0 Å². The highest BCUT2D eigenvalue weighted by Gasteiger charge is 2.38. The van der Waals surface area contributed by atoms with Crippen LogP contribution >= 0.6 is 23.4 Å². The third kappa shape index (κ3) is 5.08. The Morgan fingerprint density at radius 2 is 1.93 bits per heavy atom. The zero-order chi connectivity index (χ0) is 21.7. The SMILES string of the molecule is C=CCN1C(=O)C(CC(=O)Nc2ccc(Cl)cc2)SC1=Nc1ccccc1C(=O)O. The van der Waals surface area contributed by atoms with E-state index in [0.29, 0.717) is 15.9 Å². The van der Waals surface area contributed by atoms with Crippen molar-refractivity contribution in [2.45, 2.75) is 11.7 Å². The van der Waals surface area contributed by atoms with Crippen molar-refractivity contribution < 1.29 is 19.5 Å². The summed E-state index contributed by atoms with van der Waals surface area (Å²) in [5.74, 6) is -1.72. The lowest BCUT2D eigenvalue weighted by molar-refractivity contribution is -0.127. The van der Waals surface area contributed by atoms with Gasteiger partial charge < -0.3 is 10.4 Å². The number of para-hydroxylation sites is 1. The van der Waals surface area contributed by atoms with Gasteiger partial charge in [0.05, 0.1) is 11.3 Å². The second-order valence-electron chi connectivity index (χ2n) is 6.32. The Labute approximate surface area is 182 Å². The van der Waals surface area contributed by atoms with E-state index in [1.807, 2.05) is 0 Å². The number of amidine groups is 1. The minimum Gasteiger partial charge on any atom is -0.478 e. The van der Waals surface area contributed by atoms with E-state index < -0.39 is 11.2 Å². The van der Waals surface area contributed by atoms with Crippen molar-refractivity contribution in [3.05, 3.63) is 71.8 Å². The first-order chi connectivity index (χ1) is 14.4. The number of nitrogens with zero attached hydrogens (tertiary/aromatic N) is 2. The van der Waals surface area contributed by atoms with Gasteiger partial charge in [-0.25, -0.2) is 9.79 Å². The fourth-order valence-electron chi connectivity index (χ4n) is 2.79. The number of carboxylic acids is 1. The molecule has 1 atom stereocenters. The van der Waals surface area contributed by atoms with Crippen LogP contribution in [0.5, 0.6) is 0 Å². The highest BCUT2D eigenvalue weighted by atomic mass is 35.5. The molecule has 1 heterocycles. The van der Waals surface area contributed by atoms with E-state index in [0.717, 1.165) is 11.8 Å². The fourth-order valence-corrected chi connectivity index (χ4v) is 4.08. The molecule has 1 unspecified atom stereocenters. The van der Waals surface area contributed by atoms with Gasteiger partial charge in [-0.1, -0.05) is 41.6 Å². The minimum absolute atomic E-state index is 0.0283. The highest BCUT2D eigenvalue weighted by molar-refractivity contribution is 8.15. The molecule has 2 aromatic carbocycles. The maximum Gasteiger partial charge on any atom is 0.337 e. The van der Waals surface area contributed by atoms with Crippen LogP contribution in [-0.2, 0) is 9.59 Å². The fraction of sp³-hybridized carbons (Fsp3) is 0.143. The van der Waals surface area contributed by atoms with Gasteiger partial charge in [0.1, 0.15) is 5.25 Å². The molecule has 2 N–H and O–H groups in total. The molecule has 1 aliphatic heterocycles. The lowest BCUT2D eigenvalue weighted by Crippen LogP contribution is -2.33. The van der Waals surface area contributed by atoms with Crippen molar-refractivity contribution in [3.8, 4) is 0 Å². The molecule has 30 heavy (non-hydrogen) atoms. The minimum atomic E-state index is -1.11. The number of nitrogens with one attached hydrogen (secondary N) is 1. The van der Waals surface area contributed by atoms with Crippen molar-refractivity contribution in [3.63, 3.8) is 0 Å². The molecule has 1 saturated heterocycles. The van der Waals surface area contributed by atoms with E-state index in [1.165, 1.54) is 11.0 Å². The molecule has 1 fully saturated rings. The largest absolute Gasteiger partial charge is 0.478 e. The summed E-state index contributed by atoms with van der Waals surface area (Å²) in [6, 6.07) is 12.9. The normalized spacial score (nSPS) is 17.2. The van der Waals surface area contributed by atoms with Gasteiger partial charge in [-0.3, -0.25) is 14.5 Å². The Morgan fingerprint density at radius 3 is 2.60 bits per heavy atom. The Hall–Kier alpha value is -3.10. The molecule has 0 bridgehead atoms. The molecule has 9 heteroatoms. The van der Waals surface area contributed by atoms with Crippen molar-refractivity contribution in [1.82, 2.24) is 4.90 Å². The predicted octanol–water partition coefficient (Wildman–Crippen LogP) is 4.18. The predicted molar refractivity (Wildman–Crippen MR) is 118 cm³/mol. The first-order valence-electron chi connectivity index (χ1n) is 8.94. The molecule has 1 aliphatic rings. The van der Waals surface area contributed by atoms with Crippen LogP contribution in [0.4, 0.5) is 11.4 Å². The zero-order valence-corrected chi connectivity index (χ0v) is 17.3. The Morgan fingerprint density at radius 1 is 1.23 bits per heavy atom. The molecule has 0 aromatic heterocycles. The van der Waals surface area contributed by atoms with E-state index in [1.54, 1.807) is 48.5 Å². The summed E-state index contributed by atoms with van der Waals surface area (Å²) < 4.78 is 0. The van der Waals surface area contributed by atoms with Gasteiger partial charge in [-0.05, 0) is 36.4 Å². The van der Waals surface area contributed by atoms with E-state index in [-0.39, 0.29) is 36.0 Å².